The Morgan fingerprint density at radius 3 is 2.57 bits per heavy atom. The van der Waals surface area contributed by atoms with Crippen LogP contribution in [0.25, 0.3) is 0 Å². The minimum absolute atomic E-state index is 0.0239. The van der Waals surface area contributed by atoms with Crippen LogP contribution in [-0.4, -0.2) is 31.7 Å². The summed E-state index contributed by atoms with van der Waals surface area (Å²) in [6, 6.07) is 3.16. The first-order chi connectivity index (χ1) is 9.73. The summed E-state index contributed by atoms with van der Waals surface area (Å²) in [4.78, 5) is 11.3. The van der Waals surface area contributed by atoms with E-state index in [0.717, 1.165) is 0 Å². The van der Waals surface area contributed by atoms with Crippen LogP contribution in [0, 0.1) is 5.92 Å². The minimum atomic E-state index is -3.77. The summed E-state index contributed by atoms with van der Waals surface area (Å²) in [5, 5.41) is 0. The summed E-state index contributed by atoms with van der Waals surface area (Å²) in [5.74, 6) is -0.929. The molecule has 1 heterocycles. The van der Waals surface area contributed by atoms with Gasteiger partial charge < -0.3 is 11.5 Å². The lowest BCUT2D eigenvalue weighted by atomic mass is 9.99. The predicted molar refractivity (Wildman–Crippen MR) is 86.9 cm³/mol. The third-order valence-corrected chi connectivity index (χ3v) is 6.75. The van der Waals surface area contributed by atoms with Crippen molar-refractivity contribution in [2.24, 2.45) is 11.7 Å². The van der Waals surface area contributed by atoms with Crippen LogP contribution in [0.2, 0.25) is 0 Å². The zero-order valence-electron chi connectivity index (χ0n) is 11.1. The highest BCUT2D eigenvalue weighted by molar-refractivity contribution is 9.11. The minimum Gasteiger partial charge on any atom is -0.398 e. The number of primary amides is 1. The number of piperidine rings is 1. The molecule has 2 rings (SSSR count). The number of amides is 1. The van der Waals surface area contributed by atoms with E-state index in [-0.39, 0.29) is 17.1 Å². The van der Waals surface area contributed by atoms with Gasteiger partial charge in [-0.1, -0.05) is 15.9 Å². The van der Waals surface area contributed by atoms with Crippen molar-refractivity contribution in [3.63, 3.8) is 0 Å². The SMILES string of the molecule is NC(=O)C1CCCN(S(=O)(=O)c2c(N)cc(Br)cc2Br)C1. The highest BCUT2D eigenvalue weighted by Gasteiger charge is 2.34. The van der Waals surface area contributed by atoms with Crippen molar-refractivity contribution in [3.05, 3.63) is 21.1 Å². The molecule has 6 nitrogen and oxygen atoms in total. The molecule has 21 heavy (non-hydrogen) atoms. The molecule has 1 fully saturated rings. The van der Waals surface area contributed by atoms with Crippen LogP contribution in [0.5, 0.6) is 0 Å². The standard InChI is InChI=1S/C12H15Br2N3O3S/c13-8-4-9(14)11(10(15)5-8)21(19,20)17-3-1-2-7(6-17)12(16)18/h4-5,7H,1-3,6,15H2,(H2,16,18). The first-order valence-electron chi connectivity index (χ1n) is 6.27. The van der Waals surface area contributed by atoms with Gasteiger partial charge in [0.15, 0.2) is 0 Å². The van der Waals surface area contributed by atoms with E-state index in [4.69, 9.17) is 11.5 Å². The van der Waals surface area contributed by atoms with Crippen LogP contribution in [-0.2, 0) is 14.8 Å². The molecular formula is C12H15Br2N3O3S. The molecule has 0 radical (unpaired) electrons. The van der Waals surface area contributed by atoms with E-state index in [2.05, 4.69) is 31.9 Å². The molecule has 1 aromatic carbocycles. The molecule has 1 aromatic rings. The van der Waals surface area contributed by atoms with Crippen molar-refractivity contribution < 1.29 is 13.2 Å². The van der Waals surface area contributed by atoms with Crippen molar-refractivity contribution in [2.75, 3.05) is 18.8 Å². The number of sulfonamides is 1. The molecule has 116 valence electrons. The second-order valence-corrected chi connectivity index (χ2v) is 8.56. The third-order valence-electron chi connectivity index (χ3n) is 3.42. The zero-order valence-corrected chi connectivity index (χ0v) is 15.0. The van der Waals surface area contributed by atoms with E-state index in [1.807, 2.05) is 0 Å². The van der Waals surface area contributed by atoms with Gasteiger partial charge in [0.05, 0.1) is 11.6 Å². The lowest BCUT2D eigenvalue weighted by molar-refractivity contribution is -0.122. The molecular weight excluding hydrogens is 426 g/mol. The Morgan fingerprint density at radius 1 is 1.33 bits per heavy atom. The van der Waals surface area contributed by atoms with Gasteiger partial charge in [0.1, 0.15) is 4.90 Å². The van der Waals surface area contributed by atoms with Crippen molar-refractivity contribution in [3.8, 4) is 0 Å². The summed E-state index contributed by atoms with van der Waals surface area (Å²) >= 11 is 6.50. The largest absolute Gasteiger partial charge is 0.398 e. The number of carbonyl (C=O) groups excluding carboxylic acids is 1. The molecule has 4 N–H and O–H groups in total. The van der Waals surface area contributed by atoms with Gasteiger partial charge in [-0.3, -0.25) is 4.79 Å². The molecule has 0 aromatic heterocycles. The summed E-state index contributed by atoms with van der Waals surface area (Å²) in [7, 11) is -3.77. The summed E-state index contributed by atoms with van der Waals surface area (Å²) < 4.78 is 27.9. The van der Waals surface area contributed by atoms with Crippen molar-refractivity contribution in [1.29, 1.82) is 0 Å². The maximum atomic E-state index is 12.8. The average Bonchev–Trinajstić information content (AvgIpc) is 2.37. The molecule has 1 aliphatic rings. The fraction of sp³-hybridized carbons (Fsp3) is 0.417. The first kappa shape index (κ1) is 16.7. The number of halogens is 2. The van der Waals surface area contributed by atoms with E-state index in [1.54, 1.807) is 6.07 Å². The molecule has 0 spiro atoms. The molecule has 0 saturated carbocycles. The Labute approximate surface area is 140 Å². The van der Waals surface area contributed by atoms with E-state index in [9.17, 15) is 13.2 Å². The Morgan fingerprint density at radius 2 is 2.00 bits per heavy atom. The average molecular weight is 441 g/mol. The van der Waals surface area contributed by atoms with Crippen LogP contribution in [0.4, 0.5) is 5.69 Å². The van der Waals surface area contributed by atoms with Gasteiger partial charge in [-0.05, 0) is 40.9 Å². The molecule has 1 aliphatic heterocycles. The van der Waals surface area contributed by atoms with E-state index >= 15 is 0 Å². The zero-order chi connectivity index (χ0) is 15.8. The van der Waals surface area contributed by atoms with Crippen LogP contribution in [0.15, 0.2) is 26.0 Å². The summed E-state index contributed by atoms with van der Waals surface area (Å²) in [6.45, 7) is 0.452. The smallest absolute Gasteiger partial charge is 0.246 e. The molecule has 0 aliphatic carbocycles. The Bertz CT molecular complexity index is 655. The third kappa shape index (κ3) is 3.41. The van der Waals surface area contributed by atoms with Gasteiger partial charge in [0.2, 0.25) is 15.9 Å². The second kappa shape index (κ2) is 6.23. The number of rotatable bonds is 3. The fourth-order valence-electron chi connectivity index (χ4n) is 2.37. The van der Waals surface area contributed by atoms with E-state index < -0.39 is 21.8 Å². The topological polar surface area (TPSA) is 106 Å². The van der Waals surface area contributed by atoms with Crippen molar-refractivity contribution in [2.45, 2.75) is 17.7 Å². The van der Waals surface area contributed by atoms with Gasteiger partial charge >= 0.3 is 0 Å². The van der Waals surface area contributed by atoms with Crippen LogP contribution in [0.3, 0.4) is 0 Å². The Hall–Kier alpha value is -0.640. The lowest BCUT2D eigenvalue weighted by Crippen LogP contribution is -2.44. The van der Waals surface area contributed by atoms with Gasteiger partial charge in [-0.25, -0.2) is 8.42 Å². The van der Waals surface area contributed by atoms with Gasteiger partial charge in [-0.2, -0.15) is 4.31 Å². The monoisotopic (exact) mass is 439 g/mol. The number of carbonyl (C=O) groups is 1. The van der Waals surface area contributed by atoms with Crippen LogP contribution in [0.1, 0.15) is 12.8 Å². The maximum Gasteiger partial charge on any atom is 0.246 e. The highest BCUT2D eigenvalue weighted by Crippen LogP contribution is 2.35. The fourth-order valence-corrected chi connectivity index (χ4v) is 5.91. The predicted octanol–water partition coefficient (Wildman–Crippen LogP) is 1.68. The Balaban J connectivity index is 2.41. The molecule has 1 amide bonds. The molecule has 1 saturated heterocycles. The second-order valence-electron chi connectivity index (χ2n) is 4.91. The molecule has 9 heteroatoms. The number of nitrogens with two attached hydrogens (primary N) is 2. The maximum absolute atomic E-state index is 12.8. The van der Waals surface area contributed by atoms with Gasteiger partial charge in [0, 0.05) is 22.0 Å². The van der Waals surface area contributed by atoms with Crippen LogP contribution >= 0.6 is 31.9 Å². The van der Waals surface area contributed by atoms with Crippen molar-refractivity contribution >= 4 is 53.5 Å². The number of nitrogen functional groups attached to an aromatic ring is 1. The first-order valence-corrected chi connectivity index (χ1v) is 9.30. The highest BCUT2D eigenvalue weighted by atomic mass is 79.9. The summed E-state index contributed by atoms with van der Waals surface area (Å²) in [5.41, 5.74) is 11.3. The van der Waals surface area contributed by atoms with Gasteiger partial charge in [0.25, 0.3) is 0 Å². The molecule has 0 bridgehead atoms. The Kier molecular flexibility index (Phi) is 4.96. The number of hydrogen-bond donors (Lipinski definition) is 2. The van der Waals surface area contributed by atoms with E-state index in [0.29, 0.717) is 28.3 Å². The normalized spacial score (nSPS) is 20.4. The van der Waals surface area contributed by atoms with Crippen molar-refractivity contribution in [1.82, 2.24) is 4.31 Å². The summed E-state index contributed by atoms with van der Waals surface area (Å²) in [6.07, 6.45) is 1.21. The van der Waals surface area contributed by atoms with Crippen LogP contribution < -0.4 is 11.5 Å². The number of hydrogen-bond acceptors (Lipinski definition) is 4. The molecule has 1 atom stereocenters. The lowest BCUT2D eigenvalue weighted by Gasteiger charge is -2.31. The molecule has 1 unspecified atom stereocenters. The van der Waals surface area contributed by atoms with E-state index in [1.165, 1.54) is 10.4 Å². The number of nitrogens with zero attached hydrogens (tertiary/aromatic N) is 1. The number of benzene rings is 1. The van der Waals surface area contributed by atoms with Gasteiger partial charge in [-0.15, -0.1) is 0 Å². The number of anilines is 1. The quantitative estimate of drug-likeness (QED) is 0.697.